The zero-order valence-electron chi connectivity index (χ0n) is 10.5. The Hall–Kier alpha value is -1.02. The molecule has 2 rings (SSSR count). The minimum absolute atomic E-state index is 0.641. The van der Waals surface area contributed by atoms with Crippen LogP contribution in [0.3, 0.4) is 0 Å². The third-order valence-electron chi connectivity index (χ3n) is 2.93. The van der Waals surface area contributed by atoms with E-state index in [1.165, 1.54) is 15.9 Å². The van der Waals surface area contributed by atoms with Crippen molar-refractivity contribution in [1.29, 1.82) is 0 Å². The van der Waals surface area contributed by atoms with Crippen molar-refractivity contribution in [2.24, 2.45) is 0 Å². The first-order chi connectivity index (χ1) is 8.25. The van der Waals surface area contributed by atoms with Gasteiger partial charge in [-0.3, -0.25) is 0 Å². The minimum atomic E-state index is 0.641. The smallest absolute Gasteiger partial charge is 0.159 e. The molecule has 0 aliphatic rings. The Morgan fingerprint density at radius 1 is 1.18 bits per heavy atom. The van der Waals surface area contributed by atoms with E-state index >= 15 is 0 Å². The zero-order valence-corrected chi connectivity index (χ0v) is 11.3. The van der Waals surface area contributed by atoms with E-state index in [1.54, 1.807) is 0 Å². The SMILES string of the molecule is CC(C)c1csc([B]CCc2ccccc2)c1. The average Bonchev–Trinajstić information content (AvgIpc) is 2.79. The van der Waals surface area contributed by atoms with Crippen LogP contribution in [0.1, 0.15) is 30.9 Å². The third-order valence-corrected chi connectivity index (χ3v) is 3.87. The first-order valence-electron chi connectivity index (χ1n) is 6.21. The van der Waals surface area contributed by atoms with Crippen molar-refractivity contribution in [2.75, 3.05) is 0 Å². The molecule has 0 fully saturated rings. The van der Waals surface area contributed by atoms with Crippen molar-refractivity contribution in [2.45, 2.75) is 32.5 Å². The van der Waals surface area contributed by atoms with E-state index in [-0.39, 0.29) is 0 Å². The van der Waals surface area contributed by atoms with Gasteiger partial charge >= 0.3 is 0 Å². The summed E-state index contributed by atoms with van der Waals surface area (Å²) in [6.07, 6.45) is 2.26. The lowest BCUT2D eigenvalue weighted by molar-refractivity contribution is 0.873. The van der Waals surface area contributed by atoms with Gasteiger partial charge in [0.25, 0.3) is 0 Å². The van der Waals surface area contributed by atoms with Crippen molar-refractivity contribution in [3.8, 4) is 0 Å². The lowest BCUT2D eigenvalue weighted by Gasteiger charge is -1.99. The van der Waals surface area contributed by atoms with Crippen LogP contribution in [0.25, 0.3) is 0 Å². The molecule has 17 heavy (non-hydrogen) atoms. The molecule has 0 atom stereocenters. The summed E-state index contributed by atoms with van der Waals surface area (Å²) in [6, 6.07) is 13.0. The van der Waals surface area contributed by atoms with Crippen molar-refractivity contribution in [1.82, 2.24) is 0 Å². The fraction of sp³-hybridized carbons (Fsp3) is 0.333. The van der Waals surface area contributed by atoms with Crippen LogP contribution in [0, 0.1) is 0 Å². The van der Waals surface area contributed by atoms with Crippen LogP contribution in [0.5, 0.6) is 0 Å². The summed E-state index contributed by atoms with van der Waals surface area (Å²) in [7, 11) is 2.35. The lowest BCUT2D eigenvalue weighted by atomic mass is 9.71. The number of rotatable bonds is 5. The van der Waals surface area contributed by atoms with Gasteiger partial charge in [-0.15, -0.1) is 0 Å². The maximum Gasteiger partial charge on any atom is 0.166 e. The van der Waals surface area contributed by atoms with Crippen LogP contribution in [0.2, 0.25) is 6.32 Å². The normalized spacial score (nSPS) is 10.8. The standard InChI is InChI=1S/C15H18BS/c1-12(2)14-10-15(17-11-14)16-9-8-13-6-4-3-5-7-13/h3-7,10-12H,8-9H2,1-2H3. The molecule has 1 heterocycles. The van der Waals surface area contributed by atoms with Crippen molar-refractivity contribution < 1.29 is 0 Å². The minimum Gasteiger partial charge on any atom is -0.159 e. The van der Waals surface area contributed by atoms with Crippen LogP contribution in [0.15, 0.2) is 41.8 Å². The second kappa shape index (κ2) is 6.06. The lowest BCUT2D eigenvalue weighted by Crippen LogP contribution is -2.09. The maximum atomic E-state index is 2.35. The second-order valence-corrected chi connectivity index (χ2v) is 5.61. The summed E-state index contributed by atoms with van der Waals surface area (Å²) in [5, 5.41) is 2.28. The molecule has 2 aromatic rings. The Morgan fingerprint density at radius 2 is 1.94 bits per heavy atom. The largest absolute Gasteiger partial charge is 0.166 e. The van der Waals surface area contributed by atoms with Crippen molar-refractivity contribution in [3.05, 3.63) is 52.9 Å². The van der Waals surface area contributed by atoms with Crippen LogP contribution >= 0.6 is 11.3 Å². The van der Waals surface area contributed by atoms with Gasteiger partial charge in [0, 0.05) is 0 Å². The van der Waals surface area contributed by atoms with E-state index in [0.29, 0.717) is 5.92 Å². The number of thiophene rings is 1. The van der Waals surface area contributed by atoms with Gasteiger partial charge in [-0.05, 0) is 33.6 Å². The number of benzene rings is 1. The van der Waals surface area contributed by atoms with Gasteiger partial charge in [0.2, 0.25) is 0 Å². The highest BCUT2D eigenvalue weighted by Crippen LogP contribution is 2.15. The highest BCUT2D eigenvalue weighted by molar-refractivity contribution is 7.19. The second-order valence-electron chi connectivity index (χ2n) is 4.67. The summed E-state index contributed by atoms with van der Waals surface area (Å²) in [6.45, 7) is 4.49. The molecule has 0 spiro atoms. The highest BCUT2D eigenvalue weighted by Gasteiger charge is 2.04. The monoisotopic (exact) mass is 241 g/mol. The number of aryl methyl sites for hydroxylation is 1. The van der Waals surface area contributed by atoms with Gasteiger partial charge in [0.05, 0.1) is 0 Å². The van der Waals surface area contributed by atoms with Crippen LogP contribution in [0.4, 0.5) is 0 Å². The first-order valence-corrected chi connectivity index (χ1v) is 7.09. The Kier molecular flexibility index (Phi) is 4.44. The van der Waals surface area contributed by atoms with Gasteiger partial charge in [0.15, 0.2) is 7.28 Å². The summed E-state index contributed by atoms with van der Waals surface area (Å²) in [5.74, 6) is 0.641. The maximum absolute atomic E-state index is 2.35. The third kappa shape index (κ3) is 3.74. The van der Waals surface area contributed by atoms with E-state index in [1.807, 2.05) is 11.3 Å². The molecule has 0 N–H and O–H groups in total. The highest BCUT2D eigenvalue weighted by atomic mass is 32.1. The van der Waals surface area contributed by atoms with E-state index in [2.05, 4.69) is 62.9 Å². The van der Waals surface area contributed by atoms with Crippen molar-refractivity contribution >= 4 is 23.4 Å². The van der Waals surface area contributed by atoms with Gasteiger partial charge in [-0.25, -0.2) is 0 Å². The Bertz CT molecular complexity index is 445. The molecule has 0 nitrogen and oxygen atoms in total. The molecule has 1 radical (unpaired) electrons. The number of hydrogen-bond acceptors (Lipinski definition) is 1. The zero-order chi connectivity index (χ0) is 12.1. The molecule has 0 saturated carbocycles. The molecule has 0 aliphatic carbocycles. The Morgan fingerprint density at radius 3 is 2.59 bits per heavy atom. The molecule has 2 heteroatoms. The molecule has 0 unspecified atom stereocenters. The predicted molar refractivity (Wildman–Crippen MR) is 78.7 cm³/mol. The van der Waals surface area contributed by atoms with E-state index < -0.39 is 0 Å². The topological polar surface area (TPSA) is 0 Å². The van der Waals surface area contributed by atoms with Gasteiger partial charge in [-0.1, -0.05) is 56.6 Å². The summed E-state index contributed by atoms with van der Waals surface area (Å²) < 4.78 is 1.41. The van der Waals surface area contributed by atoms with Crippen LogP contribution in [-0.4, -0.2) is 7.28 Å². The molecule has 87 valence electrons. The Balaban J connectivity index is 1.82. The fourth-order valence-electron chi connectivity index (χ4n) is 1.80. The fourth-order valence-corrected chi connectivity index (χ4v) is 2.83. The predicted octanol–water partition coefficient (Wildman–Crippen LogP) is 3.86. The molecular formula is C15H18BS. The van der Waals surface area contributed by atoms with Crippen LogP contribution in [-0.2, 0) is 6.42 Å². The molecule has 0 aliphatic heterocycles. The molecule has 0 amide bonds. The van der Waals surface area contributed by atoms with Gasteiger partial charge < -0.3 is 0 Å². The molecule has 0 saturated heterocycles. The average molecular weight is 241 g/mol. The van der Waals surface area contributed by atoms with Gasteiger partial charge in [-0.2, -0.15) is 11.3 Å². The Labute approximate surface area is 109 Å². The van der Waals surface area contributed by atoms with Gasteiger partial charge in [0.1, 0.15) is 0 Å². The summed E-state index contributed by atoms with van der Waals surface area (Å²) >= 11 is 1.86. The van der Waals surface area contributed by atoms with Crippen LogP contribution < -0.4 is 4.78 Å². The molecule has 0 bridgehead atoms. The molecular weight excluding hydrogens is 223 g/mol. The number of hydrogen-bond donors (Lipinski definition) is 0. The van der Waals surface area contributed by atoms with E-state index in [9.17, 15) is 0 Å². The van der Waals surface area contributed by atoms with E-state index in [0.717, 1.165) is 12.7 Å². The summed E-state index contributed by atoms with van der Waals surface area (Å²) in [5.41, 5.74) is 2.88. The quantitative estimate of drug-likeness (QED) is 0.697. The first kappa shape index (κ1) is 12.4. The van der Waals surface area contributed by atoms with Crippen molar-refractivity contribution in [3.63, 3.8) is 0 Å². The molecule has 1 aromatic carbocycles. The molecule has 1 aromatic heterocycles. The summed E-state index contributed by atoms with van der Waals surface area (Å²) in [4.78, 5) is 0. The van der Waals surface area contributed by atoms with E-state index in [4.69, 9.17) is 0 Å².